The van der Waals surface area contributed by atoms with E-state index >= 15 is 0 Å². The minimum atomic E-state index is -0.472. The van der Waals surface area contributed by atoms with Crippen LogP contribution in [0.25, 0.3) is 0 Å². The molecule has 0 aliphatic heterocycles. The Kier molecular flexibility index (Phi) is 4.65. The van der Waals surface area contributed by atoms with E-state index < -0.39 is 5.97 Å². The van der Waals surface area contributed by atoms with Gasteiger partial charge in [0, 0.05) is 15.7 Å². The minimum Gasteiger partial charge on any atom is -0.465 e. The highest BCUT2D eigenvalue weighted by molar-refractivity contribution is 7.16. The van der Waals surface area contributed by atoms with Crippen LogP contribution in [0.3, 0.4) is 0 Å². The molecule has 2 rings (SSSR count). The lowest BCUT2D eigenvalue weighted by atomic mass is 10.3. The van der Waals surface area contributed by atoms with Gasteiger partial charge in [0.2, 0.25) is 0 Å². The number of nitrogens with one attached hydrogen (secondary N) is 1. The number of hydrogen-bond donors (Lipinski definition) is 1. The summed E-state index contributed by atoms with van der Waals surface area (Å²) in [6.45, 7) is 0. The molecule has 1 amide bonds. The van der Waals surface area contributed by atoms with E-state index in [0.29, 0.717) is 25.5 Å². The molecule has 0 unspecified atom stereocenters. The maximum absolute atomic E-state index is 12.0. The molecule has 0 bridgehead atoms. The molecule has 4 nitrogen and oxygen atoms in total. The van der Waals surface area contributed by atoms with Crippen molar-refractivity contribution in [3.05, 3.63) is 50.1 Å². The summed E-state index contributed by atoms with van der Waals surface area (Å²) in [6.07, 6.45) is 0. The highest BCUT2D eigenvalue weighted by atomic mass is 35.5. The van der Waals surface area contributed by atoms with Gasteiger partial charge in [0.25, 0.3) is 5.91 Å². The molecule has 7 heteroatoms. The monoisotopic (exact) mass is 329 g/mol. The molecule has 2 aromatic rings. The van der Waals surface area contributed by atoms with Gasteiger partial charge in [-0.2, -0.15) is 0 Å². The lowest BCUT2D eigenvalue weighted by Gasteiger charge is -2.04. The molecule has 1 aromatic heterocycles. The maximum Gasteiger partial charge on any atom is 0.348 e. The van der Waals surface area contributed by atoms with Crippen LogP contribution < -0.4 is 5.32 Å². The first-order valence-corrected chi connectivity index (χ1v) is 7.02. The SMILES string of the molecule is COC(=O)c1ccc(C(=O)Nc2cc(Cl)cc(Cl)c2)s1. The Morgan fingerprint density at radius 2 is 1.70 bits per heavy atom. The molecule has 0 atom stereocenters. The van der Waals surface area contributed by atoms with Crippen LogP contribution in [0.4, 0.5) is 5.69 Å². The normalized spacial score (nSPS) is 10.2. The third-order valence-corrected chi connectivity index (χ3v) is 3.84. The summed E-state index contributed by atoms with van der Waals surface area (Å²) in [7, 11) is 1.29. The number of thiophene rings is 1. The first-order valence-electron chi connectivity index (χ1n) is 5.45. The molecule has 20 heavy (non-hydrogen) atoms. The molecular formula is C13H9Cl2NO3S. The standard InChI is InChI=1S/C13H9Cl2NO3S/c1-19-13(18)11-3-2-10(20-11)12(17)16-9-5-7(14)4-8(15)6-9/h2-6H,1H3,(H,16,17). The Hall–Kier alpha value is -1.56. The van der Waals surface area contributed by atoms with Crippen LogP contribution in [-0.2, 0) is 4.74 Å². The number of benzene rings is 1. The van der Waals surface area contributed by atoms with Gasteiger partial charge in [-0.3, -0.25) is 4.79 Å². The smallest absolute Gasteiger partial charge is 0.348 e. The predicted octanol–water partition coefficient (Wildman–Crippen LogP) is 4.09. The van der Waals surface area contributed by atoms with E-state index in [1.54, 1.807) is 24.3 Å². The number of carbonyl (C=O) groups excluding carboxylic acids is 2. The third kappa shape index (κ3) is 3.50. The second-order valence-corrected chi connectivity index (χ2v) is 5.72. The minimum absolute atomic E-state index is 0.344. The zero-order chi connectivity index (χ0) is 14.7. The number of ether oxygens (including phenoxy) is 1. The van der Waals surface area contributed by atoms with Crippen molar-refractivity contribution >= 4 is 52.1 Å². The highest BCUT2D eigenvalue weighted by Gasteiger charge is 2.14. The zero-order valence-corrected chi connectivity index (χ0v) is 12.6. The van der Waals surface area contributed by atoms with Gasteiger partial charge in [0.15, 0.2) is 0 Å². The summed E-state index contributed by atoms with van der Waals surface area (Å²) >= 11 is 12.7. The number of rotatable bonds is 3. The van der Waals surface area contributed by atoms with Crippen LogP contribution >= 0.6 is 34.5 Å². The van der Waals surface area contributed by atoms with Crippen LogP contribution in [0.15, 0.2) is 30.3 Å². The van der Waals surface area contributed by atoms with Gasteiger partial charge in [-0.15, -0.1) is 11.3 Å². The summed E-state index contributed by atoms with van der Waals surface area (Å²) in [5.41, 5.74) is 0.487. The van der Waals surface area contributed by atoms with Gasteiger partial charge in [-0.25, -0.2) is 4.79 Å². The van der Waals surface area contributed by atoms with Crippen molar-refractivity contribution in [1.82, 2.24) is 0 Å². The third-order valence-electron chi connectivity index (χ3n) is 2.34. The van der Waals surface area contributed by atoms with Gasteiger partial charge in [-0.1, -0.05) is 23.2 Å². The summed E-state index contributed by atoms with van der Waals surface area (Å²) < 4.78 is 4.58. The number of halogens is 2. The van der Waals surface area contributed by atoms with Crippen molar-refractivity contribution in [2.45, 2.75) is 0 Å². The van der Waals surface area contributed by atoms with Crippen LogP contribution in [0, 0.1) is 0 Å². The summed E-state index contributed by atoms with van der Waals surface area (Å²) in [5, 5.41) is 3.51. The van der Waals surface area contributed by atoms with E-state index in [-0.39, 0.29) is 5.91 Å². The van der Waals surface area contributed by atoms with Crippen molar-refractivity contribution in [1.29, 1.82) is 0 Å². The zero-order valence-electron chi connectivity index (χ0n) is 10.3. The molecule has 0 saturated carbocycles. The van der Waals surface area contributed by atoms with Crippen LogP contribution in [0.1, 0.15) is 19.3 Å². The van der Waals surface area contributed by atoms with E-state index in [1.807, 2.05) is 0 Å². The summed E-state index contributed by atoms with van der Waals surface area (Å²) in [6, 6.07) is 7.83. The molecule has 1 N–H and O–H groups in total. The Labute approximate surface area is 129 Å². The van der Waals surface area contributed by atoms with E-state index in [0.717, 1.165) is 11.3 Å². The van der Waals surface area contributed by atoms with Gasteiger partial charge in [-0.05, 0) is 30.3 Å². The Morgan fingerprint density at radius 1 is 1.10 bits per heavy atom. The van der Waals surface area contributed by atoms with Crippen LogP contribution in [-0.4, -0.2) is 19.0 Å². The average molecular weight is 330 g/mol. The number of anilines is 1. The average Bonchev–Trinajstić information content (AvgIpc) is 2.86. The van der Waals surface area contributed by atoms with Crippen LogP contribution in [0.5, 0.6) is 0 Å². The molecule has 0 fully saturated rings. The highest BCUT2D eigenvalue weighted by Crippen LogP contribution is 2.24. The van der Waals surface area contributed by atoms with E-state index in [4.69, 9.17) is 23.2 Å². The van der Waals surface area contributed by atoms with E-state index in [1.165, 1.54) is 13.2 Å². The van der Waals surface area contributed by atoms with Crippen molar-refractivity contribution in [2.24, 2.45) is 0 Å². The fourth-order valence-corrected chi connectivity index (χ4v) is 2.83. The molecule has 0 spiro atoms. The summed E-state index contributed by atoms with van der Waals surface area (Å²) in [5.74, 6) is -0.816. The molecule has 0 radical (unpaired) electrons. The predicted molar refractivity (Wildman–Crippen MR) is 80.1 cm³/mol. The summed E-state index contributed by atoms with van der Waals surface area (Å²) in [4.78, 5) is 24.1. The Morgan fingerprint density at radius 3 is 2.30 bits per heavy atom. The number of carbonyl (C=O) groups is 2. The first-order chi connectivity index (χ1) is 9.49. The van der Waals surface area contributed by atoms with Crippen molar-refractivity contribution < 1.29 is 14.3 Å². The van der Waals surface area contributed by atoms with Crippen molar-refractivity contribution in [2.75, 3.05) is 12.4 Å². The lowest BCUT2D eigenvalue weighted by molar-refractivity contribution is 0.0606. The molecule has 0 aliphatic rings. The molecule has 0 saturated heterocycles. The fraction of sp³-hybridized carbons (Fsp3) is 0.0769. The lowest BCUT2D eigenvalue weighted by Crippen LogP contribution is -2.10. The Balaban J connectivity index is 2.15. The van der Waals surface area contributed by atoms with E-state index in [9.17, 15) is 9.59 Å². The largest absolute Gasteiger partial charge is 0.465 e. The van der Waals surface area contributed by atoms with Gasteiger partial charge in [0.1, 0.15) is 4.88 Å². The quantitative estimate of drug-likeness (QED) is 0.862. The molecule has 104 valence electrons. The van der Waals surface area contributed by atoms with E-state index in [2.05, 4.69) is 10.1 Å². The number of hydrogen-bond acceptors (Lipinski definition) is 4. The molecule has 0 aliphatic carbocycles. The number of methoxy groups -OCH3 is 1. The molecule has 1 heterocycles. The Bertz CT molecular complexity index is 649. The second-order valence-electron chi connectivity index (χ2n) is 3.77. The van der Waals surface area contributed by atoms with Crippen molar-refractivity contribution in [3.63, 3.8) is 0 Å². The first kappa shape index (κ1) is 14.8. The van der Waals surface area contributed by atoms with Crippen LogP contribution in [0.2, 0.25) is 10.0 Å². The fourth-order valence-electron chi connectivity index (χ4n) is 1.49. The maximum atomic E-state index is 12.0. The van der Waals surface area contributed by atoms with Gasteiger partial charge < -0.3 is 10.1 Å². The van der Waals surface area contributed by atoms with Gasteiger partial charge >= 0.3 is 5.97 Å². The second kappa shape index (κ2) is 6.26. The molecular weight excluding hydrogens is 321 g/mol. The topological polar surface area (TPSA) is 55.4 Å². The molecule has 1 aromatic carbocycles. The number of esters is 1. The van der Waals surface area contributed by atoms with Gasteiger partial charge in [0.05, 0.1) is 12.0 Å². The van der Waals surface area contributed by atoms with Crippen molar-refractivity contribution in [3.8, 4) is 0 Å². The number of amides is 1.